The number of carbonyl (C=O) groups excluding carboxylic acids is 1. The Morgan fingerprint density at radius 3 is 2.50 bits per heavy atom. The van der Waals surface area contributed by atoms with Crippen molar-refractivity contribution in [1.29, 1.82) is 0 Å². The first-order valence-electron chi connectivity index (χ1n) is 7.25. The molecule has 1 N–H and O–H groups in total. The van der Waals surface area contributed by atoms with Gasteiger partial charge in [0.15, 0.2) is 17.8 Å². The molecule has 0 unspecified atom stereocenters. The van der Waals surface area contributed by atoms with Crippen LogP contribution in [0.5, 0.6) is 11.5 Å². The van der Waals surface area contributed by atoms with Crippen molar-refractivity contribution in [3.8, 4) is 22.8 Å². The average Bonchev–Trinajstić information content (AvgIpc) is 3.12. The summed E-state index contributed by atoms with van der Waals surface area (Å²) in [5.74, 6) is 1.31. The first-order chi connectivity index (χ1) is 11.7. The Bertz CT molecular complexity index is 840. The summed E-state index contributed by atoms with van der Waals surface area (Å²) in [5.41, 5.74) is 1.50. The molecule has 24 heavy (non-hydrogen) atoms. The maximum Gasteiger partial charge on any atom is 0.278 e. The van der Waals surface area contributed by atoms with Gasteiger partial charge in [-0.05, 0) is 36.4 Å². The van der Waals surface area contributed by atoms with Crippen LogP contribution in [0.1, 0.15) is 10.5 Å². The molecular formula is C18H16N2O4. The summed E-state index contributed by atoms with van der Waals surface area (Å²) in [5, 5.41) is 2.79. The summed E-state index contributed by atoms with van der Waals surface area (Å²) in [4.78, 5) is 16.6. The first-order valence-corrected chi connectivity index (χ1v) is 7.25. The third kappa shape index (κ3) is 3.08. The van der Waals surface area contributed by atoms with Gasteiger partial charge in [0.2, 0.25) is 0 Å². The minimum atomic E-state index is -0.376. The molecule has 0 bridgehead atoms. The van der Waals surface area contributed by atoms with Gasteiger partial charge in [0.05, 0.1) is 19.9 Å². The van der Waals surface area contributed by atoms with Gasteiger partial charge in [0.25, 0.3) is 5.91 Å². The summed E-state index contributed by atoms with van der Waals surface area (Å²) >= 11 is 0. The van der Waals surface area contributed by atoms with Crippen LogP contribution in [0.15, 0.2) is 59.3 Å². The molecule has 122 valence electrons. The molecule has 0 aliphatic carbocycles. The first kappa shape index (κ1) is 15.6. The number of aromatic nitrogens is 1. The Morgan fingerprint density at radius 1 is 1.04 bits per heavy atom. The van der Waals surface area contributed by atoms with Gasteiger partial charge in [-0.25, -0.2) is 4.98 Å². The van der Waals surface area contributed by atoms with E-state index in [1.165, 1.54) is 6.39 Å². The van der Waals surface area contributed by atoms with E-state index in [0.29, 0.717) is 17.2 Å². The number of anilines is 1. The number of methoxy groups -OCH3 is 2. The van der Waals surface area contributed by atoms with Gasteiger partial charge < -0.3 is 19.2 Å². The van der Waals surface area contributed by atoms with Crippen LogP contribution < -0.4 is 14.8 Å². The lowest BCUT2D eigenvalue weighted by molar-refractivity contribution is 0.102. The van der Waals surface area contributed by atoms with Crippen molar-refractivity contribution in [3.05, 3.63) is 60.6 Å². The summed E-state index contributed by atoms with van der Waals surface area (Å²) in [6.45, 7) is 0. The highest BCUT2D eigenvalue weighted by molar-refractivity contribution is 6.07. The second-order valence-electron chi connectivity index (χ2n) is 4.91. The molecule has 0 saturated heterocycles. The number of carbonyl (C=O) groups is 1. The van der Waals surface area contributed by atoms with Gasteiger partial charge in [0.1, 0.15) is 11.5 Å². The standard InChI is InChI=1S/C18H16N2O4/c1-22-13-9-7-12(8-10-13)17-16(19-11-24-17)18(21)20-14-5-3-4-6-15(14)23-2/h3-11H,1-2H3,(H,20,21). The smallest absolute Gasteiger partial charge is 0.278 e. The summed E-state index contributed by atoms with van der Waals surface area (Å²) in [7, 11) is 3.14. The Kier molecular flexibility index (Phi) is 4.47. The molecule has 0 fully saturated rings. The number of nitrogens with one attached hydrogen (secondary N) is 1. The SMILES string of the molecule is COc1ccc(-c2ocnc2C(=O)Nc2ccccc2OC)cc1. The van der Waals surface area contributed by atoms with Crippen molar-refractivity contribution in [2.75, 3.05) is 19.5 Å². The zero-order valence-corrected chi connectivity index (χ0v) is 13.3. The predicted octanol–water partition coefficient (Wildman–Crippen LogP) is 3.61. The zero-order chi connectivity index (χ0) is 16.9. The molecule has 3 rings (SSSR count). The third-order valence-corrected chi connectivity index (χ3v) is 3.49. The fraction of sp³-hybridized carbons (Fsp3) is 0.111. The Labute approximate surface area is 139 Å². The predicted molar refractivity (Wildman–Crippen MR) is 89.4 cm³/mol. The molecule has 1 heterocycles. The highest BCUT2D eigenvalue weighted by Crippen LogP contribution is 2.28. The number of para-hydroxylation sites is 2. The van der Waals surface area contributed by atoms with Crippen LogP contribution in [-0.4, -0.2) is 25.1 Å². The van der Waals surface area contributed by atoms with E-state index in [4.69, 9.17) is 13.9 Å². The maximum absolute atomic E-state index is 12.5. The largest absolute Gasteiger partial charge is 0.497 e. The topological polar surface area (TPSA) is 73.6 Å². The molecule has 1 amide bonds. The minimum absolute atomic E-state index is 0.200. The van der Waals surface area contributed by atoms with Crippen LogP contribution >= 0.6 is 0 Å². The molecule has 6 heteroatoms. The maximum atomic E-state index is 12.5. The Morgan fingerprint density at radius 2 is 1.79 bits per heavy atom. The van der Waals surface area contributed by atoms with Crippen molar-refractivity contribution in [1.82, 2.24) is 4.98 Å². The van der Waals surface area contributed by atoms with Crippen LogP contribution in [0.25, 0.3) is 11.3 Å². The number of rotatable bonds is 5. The zero-order valence-electron chi connectivity index (χ0n) is 13.3. The van der Waals surface area contributed by atoms with Crippen molar-refractivity contribution in [2.45, 2.75) is 0 Å². The lowest BCUT2D eigenvalue weighted by Crippen LogP contribution is -2.14. The molecule has 0 radical (unpaired) electrons. The summed E-state index contributed by atoms with van der Waals surface area (Å²) in [6.07, 6.45) is 1.25. The fourth-order valence-electron chi connectivity index (χ4n) is 2.28. The van der Waals surface area contributed by atoms with E-state index < -0.39 is 0 Å². The molecule has 0 saturated carbocycles. The van der Waals surface area contributed by atoms with Gasteiger partial charge in [0, 0.05) is 5.56 Å². The van der Waals surface area contributed by atoms with E-state index in [0.717, 1.165) is 11.3 Å². The lowest BCUT2D eigenvalue weighted by atomic mass is 10.1. The molecule has 0 atom stereocenters. The molecule has 1 aromatic heterocycles. The molecule has 3 aromatic rings. The summed E-state index contributed by atoms with van der Waals surface area (Å²) < 4.78 is 15.8. The number of hydrogen-bond donors (Lipinski definition) is 1. The van der Waals surface area contributed by atoms with Crippen LogP contribution in [0.4, 0.5) is 5.69 Å². The van der Waals surface area contributed by atoms with Gasteiger partial charge in [-0.1, -0.05) is 12.1 Å². The quantitative estimate of drug-likeness (QED) is 0.776. The van der Waals surface area contributed by atoms with E-state index >= 15 is 0 Å². The molecule has 2 aromatic carbocycles. The summed E-state index contributed by atoms with van der Waals surface area (Å²) in [6, 6.07) is 14.4. The highest BCUT2D eigenvalue weighted by Gasteiger charge is 2.19. The van der Waals surface area contributed by atoms with E-state index in [1.54, 1.807) is 50.6 Å². The van der Waals surface area contributed by atoms with Gasteiger partial charge in [-0.2, -0.15) is 0 Å². The van der Waals surface area contributed by atoms with Crippen molar-refractivity contribution < 1.29 is 18.7 Å². The van der Waals surface area contributed by atoms with Gasteiger partial charge in [-0.15, -0.1) is 0 Å². The third-order valence-electron chi connectivity index (χ3n) is 3.49. The normalized spacial score (nSPS) is 10.2. The molecule has 0 aliphatic rings. The van der Waals surface area contributed by atoms with E-state index in [9.17, 15) is 4.79 Å². The minimum Gasteiger partial charge on any atom is -0.497 e. The van der Waals surface area contributed by atoms with Crippen LogP contribution in [0.3, 0.4) is 0 Å². The fourth-order valence-corrected chi connectivity index (χ4v) is 2.28. The lowest BCUT2D eigenvalue weighted by Gasteiger charge is -2.09. The average molecular weight is 324 g/mol. The number of ether oxygens (including phenoxy) is 2. The monoisotopic (exact) mass is 324 g/mol. The van der Waals surface area contributed by atoms with E-state index in [-0.39, 0.29) is 11.6 Å². The number of hydrogen-bond acceptors (Lipinski definition) is 5. The molecule has 0 spiro atoms. The van der Waals surface area contributed by atoms with Gasteiger partial charge in [-0.3, -0.25) is 4.79 Å². The molecule has 0 aliphatic heterocycles. The number of amides is 1. The van der Waals surface area contributed by atoms with Crippen molar-refractivity contribution >= 4 is 11.6 Å². The van der Waals surface area contributed by atoms with Crippen molar-refractivity contribution in [2.24, 2.45) is 0 Å². The number of benzene rings is 2. The highest BCUT2D eigenvalue weighted by atomic mass is 16.5. The number of nitrogens with zero attached hydrogens (tertiary/aromatic N) is 1. The number of oxazole rings is 1. The Balaban J connectivity index is 1.87. The van der Waals surface area contributed by atoms with Crippen LogP contribution in [0.2, 0.25) is 0 Å². The van der Waals surface area contributed by atoms with E-state index in [1.807, 2.05) is 12.1 Å². The molecular weight excluding hydrogens is 308 g/mol. The molecule has 6 nitrogen and oxygen atoms in total. The van der Waals surface area contributed by atoms with Crippen LogP contribution in [0, 0.1) is 0 Å². The van der Waals surface area contributed by atoms with Crippen LogP contribution in [-0.2, 0) is 0 Å². The second-order valence-corrected chi connectivity index (χ2v) is 4.91. The Hall–Kier alpha value is -3.28. The van der Waals surface area contributed by atoms with Gasteiger partial charge >= 0.3 is 0 Å². The second kappa shape index (κ2) is 6.87. The van der Waals surface area contributed by atoms with E-state index in [2.05, 4.69) is 10.3 Å². The van der Waals surface area contributed by atoms with Crippen molar-refractivity contribution in [3.63, 3.8) is 0 Å².